The zero-order valence-corrected chi connectivity index (χ0v) is 11.1. The van der Waals surface area contributed by atoms with Crippen molar-refractivity contribution in [1.29, 1.82) is 0 Å². The van der Waals surface area contributed by atoms with Crippen molar-refractivity contribution in [3.63, 3.8) is 0 Å². The van der Waals surface area contributed by atoms with Crippen molar-refractivity contribution in [1.82, 2.24) is 5.32 Å². The van der Waals surface area contributed by atoms with Gasteiger partial charge in [0, 0.05) is 6.54 Å². The maximum Gasteiger partial charge on any atom is 0.000253 e. The molecular formula is C14H29N. The lowest BCUT2D eigenvalue weighted by molar-refractivity contribution is 0.261. The topological polar surface area (TPSA) is 12.0 Å². The summed E-state index contributed by atoms with van der Waals surface area (Å²) in [6, 6.07) is 0. The minimum Gasteiger partial charge on any atom is -0.316 e. The number of rotatable bonds is 5. The average molecular weight is 211 g/mol. The molecule has 0 saturated heterocycles. The Balaban J connectivity index is 2.10. The van der Waals surface area contributed by atoms with Gasteiger partial charge in [0.05, 0.1) is 0 Å². The fourth-order valence-electron chi connectivity index (χ4n) is 2.27. The molecule has 15 heavy (non-hydrogen) atoms. The van der Waals surface area contributed by atoms with Crippen LogP contribution in [0.4, 0.5) is 0 Å². The second-order valence-electron chi connectivity index (χ2n) is 6.27. The minimum absolute atomic E-state index is 0.474. The van der Waals surface area contributed by atoms with Crippen LogP contribution >= 0.6 is 0 Å². The lowest BCUT2D eigenvalue weighted by atomic mass is 9.82. The first kappa shape index (κ1) is 13.0. The Labute approximate surface area is 96.0 Å². The van der Waals surface area contributed by atoms with Gasteiger partial charge >= 0.3 is 0 Å². The Kier molecular flexibility index (Phi) is 5.11. The highest BCUT2D eigenvalue weighted by atomic mass is 14.9. The highest BCUT2D eigenvalue weighted by Gasteiger charge is 2.19. The lowest BCUT2D eigenvalue weighted by Crippen LogP contribution is -2.33. The number of hydrogen-bond donors (Lipinski definition) is 1. The summed E-state index contributed by atoms with van der Waals surface area (Å²) in [7, 11) is 0. The molecule has 1 aliphatic carbocycles. The van der Waals surface area contributed by atoms with Crippen LogP contribution < -0.4 is 5.32 Å². The van der Waals surface area contributed by atoms with Crippen molar-refractivity contribution in [3.8, 4) is 0 Å². The van der Waals surface area contributed by atoms with Crippen molar-refractivity contribution in [3.05, 3.63) is 0 Å². The van der Waals surface area contributed by atoms with E-state index in [9.17, 15) is 0 Å². The van der Waals surface area contributed by atoms with Crippen LogP contribution in [-0.2, 0) is 0 Å². The molecule has 1 fully saturated rings. The summed E-state index contributed by atoms with van der Waals surface area (Å²) in [5.41, 5.74) is 0.474. The lowest BCUT2D eigenvalue weighted by Gasteiger charge is -2.29. The number of hydrogen-bond acceptors (Lipinski definition) is 1. The van der Waals surface area contributed by atoms with E-state index >= 15 is 0 Å². The molecule has 1 heteroatoms. The normalized spacial score (nSPS) is 28.0. The zero-order chi connectivity index (χ0) is 11.3. The first-order valence-corrected chi connectivity index (χ1v) is 6.74. The molecule has 0 atom stereocenters. The smallest absolute Gasteiger partial charge is 0.000253 e. The van der Waals surface area contributed by atoms with Crippen molar-refractivity contribution >= 4 is 0 Å². The Morgan fingerprint density at radius 1 is 1.13 bits per heavy atom. The summed E-state index contributed by atoms with van der Waals surface area (Å²) < 4.78 is 0. The van der Waals surface area contributed by atoms with E-state index in [2.05, 4.69) is 33.0 Å². The van der Waals surface area contributed by atoms with Crippen molar-refractivity contribution in [2.24, 2.45) is 17.3 Å². The second-order valence-corrected chi connectivity index (χ2v) is 6.27. The number of nitrogens with one attached hydrogen (secondary N) is 1. The van der Waals surface area contributed by atoms with Crippen LogP contribution in [0.5, 0.6) is 0 Å². The van der Waals surface area contributed by atoms with Gasteiger partial charge in [-0.15, -0.1) is 0 Å². The molecule has 0 aromatic rings. The fraction of sp³-hybridized carbons (Fsp3) is 1.00. The first-order valence-electron chi connectivity index (χ1n) is 6.74. The van der Waals surface area contributed by atoms with Gasteiger partial charge in [0.2, 0.25) is 0 Å². The molecule has 1 N–H and O–H groups in total. The molecule has 0 heterocycles. The summed E-state index contributed by atoms with van der Waals surface area (Å²) >= 11 is 0. The van der Waals surface area contributed by atoms with Gasteiger partial charge in [-0.3, -0.25) is 0 Å². The van der Waals surface area contributed by atoms with Crippen LogP contribution in [0, 0.1) is 17.3 Å². The van der Waals surface area contributed by atoms with Gasteiger partial charge in [0.15, 0.2) is 0 Å². The van der Waals surface area contributed by atoms with Crippen LogP contribution in [0.2, 0.25) is 0 Å². The monoisotopic (exact) mass is 211 g/mol. The second kappa shape index (κ2) is 5.89. The van der Waals surface area contributed by atoms with Crippen molar-refractivity contribution < 1.29 is 0 Å². The van der Waals surface area contributed by atoms with E-state index in [0.717, 1.165) is 11.8 Å². The van der Waals surface area contributed by atoms with Gasteiger partial charge < -0.3 is 5.32 Å². The Bertz CT molecular complexity index is 166. The van der Waals surface area contributed by atoms with Gasteiger partial charge in [-0.2, -0.15) is 0 Å². The molecule has 0 spiro atoms. The molecule has 0 aliphatic heterocycles. The van der Waals surface area contributed by atoms with Gasteiger partial charge in [0.1, 0.15) is 0 Å². The van der Waals surface area contributed by atoms with Crippen molar-refractivity contribution in [2.45, 2.75) is 59.8 Å². The fourth-order valence-corrected chi connectivity index (χ4v) is 2.27. The Hall–Kier alpha value is -0.0400. The van der Waals surface area contributed by atoms with E-state index in [1.165, 1.54) is 45.2 Å². The molecule has 0 aromatic heterocycles. The molecule has 0 bridgehead atoms. The van der Waals surface area contributed by atoms with Crippen molar-refractivity contribution in [2.75, 3.05) is 13.1 Å². The molecule has 0 amide bonds. The molecule has 1 nitrogen and oxygen atoms in total. The maximum absolute atomic E-state index is 3.66. The summed E-state index contributed by atoms with van der Waals surface area (Å²) in [6.45, 7) is 11.8. The molecular weight excluding hydrogens is 182 g/mol. The van der Waals surface area contributed by atoms with E-state index in [1.807, 2.05) is 0 Å². The molecule has 0 radical (unpaired) electrons. The molecule has 90 valence electrons. The third kappa shape index (κ3) is 5.01. The largest absolute Gasteiger partial charge is 0.316 e. The minimum atomic E-state index is 0.474. The van der Waals surface area contributed by atoms with Crippen LogP contribution in [0.15, 0.2) is 0 Å². The Morgan fingerprint density at radius 2 is 1.73 bits per heavy atom. The quantitative estimate of drug-likeness (QED) is 0.728. The molecule has 1 aliphatic rings. The first-order chi connectivity index (χ1) is 7.03. The van der Waals surface area contributed by atoms with Gasteiger partial charge in [-0.1, -0.05) is 40.5 Å². The molecule has 0 aromatic carbocycles. The molecule has 0 unspecified atom stereocenters. The van der Waals surface area contributed by atoms with E-state index in [-0.39, 0.29) is 0 Å². The SMILES string of the molecule is CCC(C)(C)CNCC1CCC(C)CC1. The van der Waals surface area contributed by atoms with Crippen LogP contribution in [-0.4, -0.2) is 13.1 Å². The zero-order valence-electron chi connectivity index (χ0n) is 11.1. The van der Waals surface area contributed by atoms with E-state index in [4.69, 9.17) is 0 Å². The predicted octanol–water partition coefficient (Wildman–Crippen LogP) is 3.84. The molecule has 1 saturated carbocycles. The van der Waals surface area contributed by atoms with Gasteiger partial charge in [0.25, 0.3) is 0 Å². The van der Waals surface area contributed by atoms with Gasteiger partial charge in [-0.25, -0.2) is 0 Å². The highest BCUT2D eigenvalue weighted by molar-refractivity contribution is 4.74. The van der Waals surface area contributed by atoms with E-state index in [1.54, 1.807) is 0 Å². The maximum atomic E-state index is 3.66. The van der Waals surface area contributed by atoms with Crippen LogP contribution in [0.25, 0.3) is 0 Å². The standard InChI is InChI=1S/C14H29N/c1-5-14(3,4)11-15-10-13-8-6-12(2)7-9-13/h12-13,15H,5-11H2,1-4H3. The average Bonchev–Trinajstić information content (AvgIpc) is 2.21. The van der Waals surface area contributed by atoms with E-state index in [0.29, 0.717) is 5.41 Å². The summed E-state index contributed by atoms with van der Waals surface area (Å²) in [4.78, 5) is 0. The third-order valence-corrected chi connectivity index (χ3v) is 4.13. The Morgan fingerprint density at radius 3 is 2.27 bits per heavy atom. The third-order valence-electron chi connectivity index (χ3n) is 4.13. The van der Waals surface area contributed by atoms with Crippen LogP contribution in [0.1, 0.15) is 59.8 Å². The van der Waals surface area contributed by atoms with E-state index < -0.39 is 0 Å². The predicted molar refractivity (Wildman–Crippen MR) is 68.1 cm³/mol. The highest BCUT2D eigenvalue weighted by Crippen LogP contribution is 2.28. The summed E-state index contributed by atoms with van der Waals surface area (Å²) in [5.74, 6) is 1.93. The summed E-state index contributed by atoms with van der Waals surface area (Å²) in [5, 5.41) is 3.66. The molecule has 1 rings (SSSR count). The van der Waals surface area contributed by atoms with Gasteiger partial charge in [-0.05, 0) is 43.1 Å². The van der Waals surface area contributed by atoms with Crippen LogP contribution in [0.3, 0.4) is 0 Å². The summed E-state index contributed by atoms with van der Waals surface area (Å²) in [6.07, 6.45) is 7.05.